The molecule has 2 fully saturated rings. The fourth-order valence-electron chi connectivity index (χ4n) is 4.64. The minimum absolute atomic E-state index is 0.0475. The molecule has 3 aliphatic rings. The Morgan fingerprint density at radius 3 is 2.81 bits per heavy atom. The van der Waals surface area contributed by atoms with Gasteiger partial charge in [0, 0.05) is 37.0 Å². The monoisotopic (exact) mass is 376 g/mol. The van der Waals surface area contributed by atoms with Crippen LogP contribution in [0.25, 0.3) is 0 Å². The molecule has 1 unspecified atom stereocenters. The lowest BCUT2D eigenvalue weighted by Crippen LogP contribution is -2.53. The molecular formula is C20H28N2O3S. The molecule has 6 heteroatoms. The van der Waals surface area contributed by atoms with E-state index in [1.807, 2.05) is 23.6 Å². The Morgan fingerprint density at radius 2 is 2.08 bits per heavy atom. The molecule has 0 saturated carbocycles. The van der Waals surface area contributed by atoms with Gasteiger partial charge in [0.1, 0.15) is 5.60 Å². The summed E-state index contributed by atoms with van der Waals surface area (Å²) in [6, 6.07) is 2.39. The molecule has 0 radical (unpaired) electrons. The van der Waals surface area contributed by atoms with Crippen LogP contribution in [0, 0.1) is 5.92 Å². The van der Waals surface area contributed by atoms with Crippen molar-refractivity contribution < 1.29 is 14.3 Å². The topological polar surface area (TPSA) is 49.9 Å². The number of amides is 2. The standard InChI is InChI=1S/C20H28N2O3S/c1-14(2)22-13-16(3-4-17(22)23)19(24)21-9-7-20(8-10-21)18-15(5-11-25-20)6-12-26-18/h6,12,14,16H,3-5,7-11,13H2,1-2H3. The van der Waals surface area contributed by atoms with E-state index in [1.54, 1.807) is 11.3 Å². The molecule has 1 aromatic rings. The van der Waals surface area contributed by atoms with Gasteiger partial charge in [-0.15, -0.1) is 11.3 Å². The van der Waals surface area contributed by atoms with Gasteiger partial charge in [0.15, 0.2) is 0 Å². The lowest BCUT2D eigenvalue weighted by molar-refractivity contribution is -0.149. The molecule has 4 heterocycles. The molecule has 2 amide bonds. The summed E-state index contributed by atoms with van der Waals surface area (Å²) in [6.07, 6.45) is 3.95. The van der Waals surface area contributed by atoms with E-state index in [4.69, 9.17) is 4.74 Å². The van der Waals surface area contributed by atoms with Gasteiger partial charge in [0.2, 0.25) is 11.8 Å². The van der Waals surface area contributed by atoms with Gasteiger partial charge >= 0.3 is 0 Å². The van der Waals surface area contributed by atoms with Gasteiger partial charge in [0.05, 0.1) is 12.5 Å². The highest BCUT2D eigenvalue weighted by Gasteiger charge is 2.44. The molecule has 5 nitrogen and oxygen atoms in total. The average molecular weight is 377 g/mol. The lowest BCUT2D eigenvalue weighted by Gasteiger charge is -2.45. The van der Waals surface area contributed by atoms with E-state index < -0.39 is 0 Å². The third-order valence-corrected chi connectivity index (χ3v) is 7.35. The first-order chi connectivity index (χ1) is 12.5. The second kappa shape index (κ2) is 6.97. The number of fused-ring (bicyclic) bond motifs is 2. The number of rotatable bonds is 2. The van der Waals surface area contributed by atoms with Crippen LogP contribution in [-0.4, -0.2) is 53.9 Å². The molecule has 1 aromatic heterocycles. The minimum atomic E-state index is -0.176. The van der Waals surface area contributed by atoms with Gasteiger partial charge in [0.25, 0.3) is 0 Å². The van der Waals surface area contributed by atoms with Crippen LogP contribution < -0.4 is 0 Å². The fourth-order valence-corrected chi connectivity index (χ4v) is 5.81. The molecule has 0 aromatic carbocycles. The summed E-state index contributed by atoms with van der Waals surface area (Å²) < 4.78 is 6.25. The second-order valence-corrected chi connectivity index (χ2v) is 8.98. The summed E-state index contributed by atoms with van der Waals surface area (Å²) in [7, 11) is 0. The van der Waals surface area contributed by atoms with E-state index in [9.17, 15) is 9.59 Å². The maximum Gasteiger partial charge on any atom is 0.227 e. The van der Waals surface area contributed by atoms with Crippen molar-refractivity contribution in [2.24, 2.45) is 5.92 Å². The molecule has 3 aliphatic heterocycles. The van der Waals surface area contributed by atoms with Gasteiger partial charge in [-0.3, -0.25) is 9.59 Å². The molecule has 142 valence electrons. The number of carbonyl (C=O) groups excluding carboxylic acids is 2. The van der Waals surface area contributed by atoms with Gasteiger partial charge in [-0.05, 0) is 56.5 Å². The van der Waals surface area contributed by atoms with Crippen molar-refractivity contribution in [3.63, 3.8) is 0 Å². The average Bonchev–Trinajstić information content (AvgIpc) is 3.12. The summed E-state index contributed by atoms with van der Waals surface area (Å²) in [5, 5.41) is 2.16. The zero-order valence-electron chi connectivity index (χ0n) is 15.7. The number of likely N-dealkylation sites (tertiary alicyclic amines) is 2. The quantitative estimate of drug-likeness (QED) is 0.797. The normalized spacial score (nSPS) is 25.7. The van der Waals surface area contributed by atoms with Gasteiger partial charge in [-0.1, -0.05) is 0 Å². The Bertz CT molecular complexity index is 691. The van der Waals surface area contributed by atoms with Crippen LogP contribution >= 0.6 is 11.3 Å². The van der Waals surface area contributed by atoms with Gasteiger partial charge < -0.3 is 14.5 Å². The van der Waals surface area contributed by atoms with Crippen LogP contribution in [0.1, 0.15) is 50.0 Å². The van der Waals surface area contributed by atoms with Crippen molar-refractivity contribution in [1.82, 2.24) is 9.80 Å². The third-order valence-electron chi connectivity index (χ3n) is 6.21. The van der Waals surface area contributed by atoms with E-state index in [1.165, 1.54) is 10.4 Å². The fraction of sp³-hybridized carbons (Fsp3) is 0.700. The summed E-state index contributed by atoms with van der Waals surface area (Å²) >= 11 is 1.80. The molecular weight excluding hydrogens is 348 g/mol. The molecule has 26 heavy (non-hydrogen) atoms. The lowest BCUT2D eigenvalue weighted by atomic mass is 9.84. The number of thiophene rings is 1. The van der Waals surface area contributed by atoms with Crippen LogP contribution in [-0.2, 0) is 26.3 Å². The first-order valence-corrected chi connectivity index (χ1v) is 10.7. The Balaban J connectivity index is 1.41. The zero-order valence-corrected chi connectivity index (χ0v) is 16.5. The number of carbonyl (C=O) groups is 2. The SMILES string of the molecule is CC(C)N1CC(C(=O)N2CCC3(CC2)OCCc2ccsc23)CCC1=O. The van der Waals surface area contributed by atoms with Crippen LogP contribution in [0.4, 0.5) is 0 Å². The predicted molar refractivity (Wildman–Crippen MR) is 101 cm³/mol. The van der Waals surface area contributed by atoms with E-state index in [2.05, 4.69) is 11.4 Å². The van der Waals surface area contributed by atoms with Crippen molar-refractivity contribution in [3.05, 3.63) is 21.9 Å². The summed E-state index contributed by atoms with van der Waals surface area (Å²) in [5.74, 6) is 0.358. The maximum atomic E-state index is 13.0. The molecule has 4 rings (SSSR count). The predicted octanol–water partition coefficient (Wildman–Crippen LogP) is 2.79. The Kier molecular flexibility index (Phi) is 4.82. The van der Waals surface area contributed by atoms with Crippen molar-refractivity contribution in [2.75, 3.05) is 26.2 Å². The van der Waals surface area contributed by atoms with Gasteiger partial charge in [-0.25, -0.2) is 0 Å². The van der Waals surface area contributed by atoms with Crippen LogP contribution in [0.3, 0.4) is 0 Å². The highest BCUT2D eigenvalue weighted by Crippen LogP contribution is 2.44. The molecule has 1 atom stereocenters. The van der Waals surface area contributed by atoms with E-state index in [-0.39, 0.29) is 29.4 Å². The van der Waals surface area contributed by atoms with E-state index >= 15 is 0 Å². The molecule has 0 bridgehead atoms. The Hall–Kier alpha value is -1.40. The molecule has 1 spiro atoms. The smallest absolute Gasteiger partial charge is 0.227 e. The Morgan fingerprint density at radius 1 is 1.31 bits per heavy atom. The van der Waals surface area contributed by atoms with Crippen molar-refractivity contribution in [3.8, 4) is 0 Å². The number of piperidine rings is 2. The number of hydrogen-bond donors (Lipinski definition) is 0. The van der Waals surface area contributed by atoms with E-state index in [0.29, 0.717) is 19.4 Å². The van der Waals surface area contributed by atoms with Crippen molar-refractivity contribution >= 4 is 23.2 Å². The highest BCUT2D eigenvalue weighted by atomic mass is 32.1. The van der Waals surface area contributed by atoms with E-state index in [0.717, 1.165) is 39.0 Å². The first kappa shape index (κ1) is 18.0. The molecule has 0 N–H and O–H groups in total. The summed E-state index contributed by atoms with van der Waals surface area (Å²) in [4.78, 5) is 30.4. The minimum Gasteiger partial charge on any atom is -0.369 e. The third kappa shape index (κ3) is 3.07. The van der Waals surface area contributed by atoms with Crippen LogP contribution in [0.15, 0.2) is 11.4 Å². The Labute approximate surface area is 159 Å². The van der Waals surface area contributed by atoms with Crippen LogP contribution in [0.5, 0.6) is 0 Å². The highest BCUT2D eigenvalue weighted by molar-refractivity contribution is 7.10. The zero-order chi connectivity index (χ0) is 18.3. The maximum absolute atomic E-state index is 13.0. The second-order valence-electron chi connectivity index (χ2n) is 8.07. The summed E-state index contributed by atoms with van der Waals surface area (Å²) in [5.41, 5.74) is 1.25. The summed E-state index contributed by atoms with van der Waals surface area (Å²) in [6.45, 7) is 6.90. The van der Waals surface area contributed by atoms with Crippen molar-refractivity contribution in [1.29, 1.82) is 0 Å². The first-order valence-electron chi connectivity index (χ1n) is 9.79. The number of ether oxygens (including phenoxy) is 1. The number of nitrogens with zero attached hydrogens (tertiary/aromatic N) is 2. The largest absolute Gasteiger partial charge is 0.369 e. The molecule has 2 saturated heterocycles. The molecule has 0 aliphatic carbocycles. The van der Waals surface area contributed by atoms with Crippen LogP contribution in [0.2, 0.25) is 0 Å². The van der Waals surface area contributed by atoms with Crippen molar-refractivity contribution in [2.45, 2.75) is 57.6 Å². The van der Waals surface area contributed by atoms with Gasteiger partial charge in [-0.2, -0.15) is 0 Å². The number of hydrogen-bond acceptors (Lipinski definition) is 4.